The van der Waals surface area contributed by atoms with Crippen LogP contribution in [0.25, 0.3) is 21.8 Å². The first-order valence-electron chi connectivity index (χ1n) is 21.3. The standard InChI is InChI=1S/C25H27F3N4O2S.C23H27N3OS/c1-15-5-4-6-19(13-15)16(2)29-23-21-14-20(7-8-22(21)30-17(3)31-23)18-9-11-35(34,12-10-18)32-24(33)25(26,27)28;1-15-5-4-6-19(13-15)16(2)24-23-21-14-20(18-9-11-28(27)12-10-18)7-8-22(21)25-17(3)26-23/h4-8,13-14,16,18H,9-12H2,1-3H3,(H,29,30,31);4-8,13-14,16,18H,9-12H2,1-3H3,(H,24,25,26)/t16-,18?,35?;16-,18?,28?/m11/s1. The van der Waals surface area contributed by atoms with Crippen molar-refractivity contribution in [1.82, 2.24) is 19.9 Å². The normalized spacial score (nSPS) is 21.2. The van der Waals surface area contributed by atoms with Crippen molar-refractivity contribution in [3.63, 3.8) is 0 Å². The Hall–Kier alpha value is -5.28. The van der Waals surface area contributed by atoms with E-state index < -0.39 is 32.6 Å². The summed E-state index contributed by atoms with van der Waals surface area (Å²) < 4.78 is 65.1. The topological polar surface area (TPSA) is 139 Å². The van der Waals surface area contributed by atoms with Crippen LogP contribution in [0, 0.1) is 27.7 Å². The lowest BCUT2D eigenvalue weighted by molar-refractivity contribution is -0.169. The summed E-state index contributed by atoms with van der Waals surface area (Å²) >= 11 is 0. The molecule has 2 saturated heterocycles. The molecule has 2 aliphatic heterocycles. The van der Waals surface area contributed by atoms with Gasteiger partial charge >= 0.3 is 12.1 Å². The number of amides is 1. The summed E-state index contributed by atoms with van der Waals surface area (Å²) in [7, 11) is -3.84. The summed E-state index contributed by atoms with van der Waals surface area (Å²) in [5.41, 5.74) is 8.83. The summed E-state index contributed by atoms with van der Waals surface area (Å²) in [4.78, 5) is 29.7. The van der Waals surface area contributed by atoms with Gasteiger partial charge in [0.1, 0.15) is 23.3 Å². The fourth-order valence-electron chi connectivity index (χ4n) is 8.36. The molecule has 2 aliphatic rings. The molecule has 0 radical (unpaired) electrons. The van der Waals surface area contributed by atoms with Crippen LogP contribution in [0.4, 0.5) is 24.8 Å². The van der Waals surface area contributed by atoms with Gasteiger partial charge in [-0.25, -0.2) is 24.1 Å². The van der Waals surface area contributed by atoms with Gasteiger partial charge in [0.05, 0.1) is 20.8 Å². The molecule has 10 nitrogen and oxygen atoms in total. The van der Waals surface area contributed by atoms with Gasteiger partial charge in [-0.15, -0.1) is 0 Å². The molecule has 0 unspecified atom stereocenters. The van der Waals surface area contributed by atoms with Crippen LogP contribution < -0.4 is 10.6 Å². The molecular weight excluding hydrogens is 844 g/mol. The van der Waals surface area contributed by atoms with Crippen molar-refractivity contribution in [2.24, 2.45) is 4.36 Å². The smallest absolute Gasteiger partial charge is 0.363 e. The van der Waals surface area contributed by atoms with Crippen molar-refractivity contribution in [1.29, 1.82) is 0 Å². The van der Waals surface area contributed by atoms with Gasteiger partial charge in [-0.1, -0.05) is 71.8 Å². The molecule has 2 fully saturated rings. The van der Waals surface area contributed by atoms with Gasteiger partial charge in [0.25, 0.3) is 0 Å². The van der Waals surface area contributed by atoms with E-state index in [4.69, 9.17) is 4.98 Å². The van der Waals surface area contributed by atoms with Gasteiger partial charge in [-0.05, 0) is 126 Å². The first kappa shape index (κ1) is 45.7. The number of carbonyl (C=O) groups excluding carboxylic acids is 1. The Morgan fingerprint density at radius 1 is 0.683 bits per heavy atom. The number of anilines is 2. The largest absolute Gasteiger partial charge is 0.474 e. The van der Waals surface area contributed by atoms with Crippen LogP contribution in [-0.4, -0.2) is 63.4 Å². The maximum Gasteiger partial charge on any atom is 0.474 e. The number of hydrogen-bond donors (Lipinski definition) is 2. The third kappa shape index (κ3) is 11.5. The molecule has 0 aliphatic carbocycles. The lowest BCUT2D eigenvalue weighted by Crippen LogP contribution is -2.27. The number of hydrogen-bond acceptors (Lipinski definition) is 9. The molecule has 2 aromatic heterocycles. The maximum atomic E-state index is 12.7. The molecule has 6 aromatic rings. The molecule has 4 heterocycles. The van der Waals surface area contributed by atoms with Gasteiger partial charge in [-0.3, -0.25) is 9.00 Å². The van der Waals surface area contributed by atoms with E-state index in [2.05, 4.69) is 105 Å². The number of nitrogens with zero attached hydrogens (tertiary/aromatic N) is 5. The van der Waals surface area contributed by atoms with Gasteiger partial charge in [0.15, 0.2) is 0 Å². The second-order valence-corrected chi connectivity index (χ2v) is 21.1. The molecule has 0 saturated carbocycles. The van der Waals surface area contributed by atoms with Crippen LogP contribution in [0.5, 0.6) is 0 Å². The molecule has 4 aromatic carbocycles. The van der Waals surface area contributed by atoms with Crippen molar-refractivity contribution >= 4 is 59.9 Å². The quantitative estimate of drug-likeness (QED) is 0.153. The molecule has 0 spiro atoms. The van der Waals surface area contributed by atoms with Crippen LogP contribution in [0.2, 0.25) is 0 Å². The number of carbonyl (C=O) groups is 1. The SMILES string of the molecule is Cc1cccc([C@@H](C)Nc2nc(C)nc3ccc(C4CCS(=O)(=NC(=O)C(F)(F)F)CC4)cc23)c1.Cc1cccc([C@@H](C)Nc2nc(C)nc3ccc(C4CCS(=O)CC4)cc23)c1. The number of nitrogens with one attached hydrogen (secondary N) is 2. The number of alkyl halides is 3. The van der Waals surface area contributed by atoms with E-state index in [1.54, 1.807) is 0 Å². The van der Waals surface area contributed by atoms with Gasteiger partial charge in [0, 0.05) is 56.7 Å². The predicted molar refractivity (Wildman–Crippen MR) is 248 cm³/mol. The third-order valence-electron chi connectivity index (χ3n) is 11.8. The highest BCUT2D eigenvalue weighted by molar-refractivity contribution is 7.93. The molecule has 332 valence electrons. The molecule has 2 N–H and O–H groups in total. The van der Waals surface area contributed by atoms with Gasteiger partial charge in [0.2, 0.25) is 0 Å². The lowest BCUT2D eigenvalue weighted by Gasteiger charge is -2.25. The Morgan fingerprint density at radius 3 is 1.56 bits per heavy atom. The van der Waals surface area contributed by atoms with Crippen LogP contribution in [0.1, 0.15) is 108 Å². The number of fused-ring (bicyclic) bond motifs is 2. The summed E-state index contributed by atoms with van der Waals surface area (Å²) in [5, 5.41) is 9.01. The van der Waals surface area contributed by atoms with E-state index in [1.165, 1.54) is 22.3 Å². The van der Waals surface area contributed by atoms with Gasteiger partial charge in [-0.2, -0.15) is 17.5 Å². The van der Waals surface area contributed by atoms with Crippen LogP contribution in [0.3, 0.4) is 0 Å². The Labute approximate surface area is 370 Å². The summed E-state index contributed by atoms with van der Waals surface area (Å²) in [6, 6.07) is 29.3. The highest BCUT2D eigenvalue weighted by Gasteiger charge is 2.40. The molecule has 8 rings (SSSR count). The number of halogens is 3. The minimum Gasteiger partial charge on any atom is -0.363 e. The lowest BCUT2D eigenvalue weighted by atomic mass is 9.92. The summed E-state index contributed by atoms with van der Waals surface area (Å²) in [5.74, 6) is 2.73. The van der Waals surface area contributed by atoms with E-state index >= 15 is 0 Å². The fraction of sp³-hybridized carbons (Fsp3) is 0.396. The number of aryl methyl sites for hydroxylation is 4. The zero-order valence-electron chi connectivity index (χ0n) is 36.5. The first-order chi connectivity index (χ1) is 29.9. The molecule has 15 heteroatoms. The molecular formula is C48H54F3N7O3S2. The van der Waals surface area contributed by atoms with E-state index in [-0.39, 0.29) is 29.5 Å². The van der Waals surface area contributed by atoms with E-state index in [9.17, 15) is 26.4 Å². The number of aromatic nitrogens is 4. The van der Waals surface area contributed by atoms with E-state index in [0.717, 1.165) is 68.9 Å². The van der Waals surface area contributed by atoms with Crippen LogP contribution >= 0.6 is 0 Å². The van der Waals surface area contributed by atoms with Crippen LogP contribution in [-0.2, 0) is 25.3 Å². The molecule has 63 heavy (non-hydrogen) atoms. The molecule has 2 atom stereocenters. The van der Waals surface area contributed by atoms with Crippen molar-refractivity contribution in [2.75, 3.05) is 33.6 Å². The summed E-state index contributed by atoms with van der Waals surface area (Å²) in [6.45, 7) is 12.2. The average molecular weight is 898 g/mol. The fourth-order valence-corrected chi connectivity index (χ4v) is 11.8. The highest BCUT2D eigenvalue weighted by Crippen LogP contribution is 2.36. The molecule has 1 amide bonds. The average Bonchev–Trinajstić information content (AvgIpc) is 3.24. The zero-order valence-corrected chi connectivity index (χ0v) is 38.1. The van der Waals surface area contributed by atoms with Crippen molar-refractivity contribution < 1.29 is 26.4 Å². The highest BCUT2D eigenvalue weighted by atomic mass is 32.2. The second kappa shape index (κ2) is 19.2. The van der Waals surface area contributed by atoms with Crippen LogP contribution in [0.15, 0.2) is 89.3 Å². The Bertz CT molecular complexity index is 2790. The summed E-state index contributed by atoms with van der Waals surface area (Å²) in [6.07, 6.45) is -2.35. The maximum absolute atomic E-state index is 12.7. The van der Waals surface area contributed by atoms with E-state index in [0.29, 0.717) is 30.4 Å². The monoisotopic (exact) mass is 897 g/mol. The minimum absolute atomic E-state index is 0.00296. The Balaban J connectivity index is 0.000000193. The first-order valence-corrected chi connectivity index (χ1v) is 24.7. The zero-order chi connectivity index (χ0) is 45.1. The van der Waals surface area contributed by atoms with Crippen molar-refractivity contribution in [3.8, 4) is 0 Å². The third-order valence-corrected chi connectivity index (χ3v) is 15.5. The van der Waals surface area contributed by atoms with Crippen molar-refractivity contribution in [3.05, 3.63) is 130 Å². The predicted octanol–water partition coefficient (Wildman–Crippen LogP) is 10.9. The molecule has 0 bridgehead atoms. The Kier molecular flexibility index (Phi) is 14.0. The van der Waals surface area contributed by atoms with E-state index in [1.807, 2.05) is 51.1 Å². The number of benzene rings is 4. The van der Waals surface area contributed by atoms with Gasteiger partial charge < -0.3 is 10.6 Å². The second-order valence-electron chi connectivity index (χ2n) is 16.8. The number of rotatable bonds is 8. The minimum atomic E-state index is -5.10. The van der Waals surface area contributed by atoms with Crippen molar-refractivity contribution in [2.45, 2.75) is 97.3 Å². The Morgan fingerprint density at radius 2 is 1.13 bits per heavy atom.